The van der Waals surface area contributed by atoms with Gasteiger partial charge in [0.25, 0.3) is 0 Å². The van der Waals surface area contributed by atoms with E-state index in [1.807, 2.05) is 0 Å². The van der Waals surface area contributed by atoms with Gasteiger partial charge in [-0.15, -0.1) is 0 Å². The Kier molecular flexibility index (Phi) is 3.51. The van der Waals surface area contributed by atoms with Crippen molar-refractivity contribution in [3.63, 3.8) is 0 Å². The molecule has 3 N–H and O–H groups in total. The van der Waals surface area contributed by atoms with E-state index in [2.05, 4.69) is 37.4 Å². The van der Waals surface area contributed by atoms with Crippen molar-refractivity contribution in [2.24, 2.45) is 0 Å². The summed E-state index contributed by atoms with van der Waals surface area (Å²) in [5, 5.41) is 3.17. The maximum atomic E-state index is 13.3. The van der Waals surface area contributed by atoms with Crippen LogP contribution in [0.3, 0.4) is 0 Å². The van der Waals surface area contributed by atoms with Gasteiger partial charge in [0.15, 0.2) is 0 Å². The van der Waals surface area contributed by atoms with Gasteiger partial charge in [-0.1, -0.05) is 29.8 Å². The molecule has 0 aliphatic rings. The monoisotopic (exact) mass is 244 g/mol. The van der Waals surface area contributed by atoms with Gasteiger partial charge in [0.2, 0.25) is 0 Å². The Morgan fingerprint density at radius 1 is 1.17 bits per heavy atom. The number of anilines is 2. The first-order chi connectivity index (χ1) is 8.58. The van der Waals surface area contributed by atoms with Crippen LogP contribution in [0.1, 0.15) is 16.7 Å². The topological polar surface area (TPSA) is 38.0 Å². The summed E-state index contributed by atoms with van der Waals surface area (Å²) in [5.74, 6) is -0.388. The first kappa shape index (κ1) is 12.4. The molecule has 0 fully saturated rings. The van der Waals surface area contributed by atoms with Gasteiger partial charge in [-0.2, -0.15) is 0 Å². The zero-order valence-corrected chi connectivity index (χ0v) is 10.6. The van der Waals surface area contributed by atoms with Crippen molar-refractivity contribution in [1.82, 2.24) is 0 Å². The Balaban J connectivity index is 2.16. The fourth-order valence-corrected chi connectivity index (χ4v) is 1.87. The second kappa shape index (κ2) is 5.08. The highest BCUT2D eigenvalue weighted by Gasteiger charge is 2.04. The molecule has 2 aromatic rings. The summed E-state index contributed by atoms with van der Waals surface area (Å²) in [6, 6.07) is 11.1. The van der Waals surface area contributed by atoms with Gasteiger partial charge in [-0.3, -0.25) is 0 Å². The molecule has 0 unspecified atom stereocenters. The molecule has 0 heterocycles. The molecule has 0 spiro atoms. The largest absolute Gasteiger partial charge is 0.395 e. The third kappa shape index (κ3) is 2.62. The van der Waals surface area contributed by atoms with Gasteiger partial charge < -0.3 is 11.1 Å². The number of hydrogen-bond donors (Lipinski definition) is 2. The van der Waals surface area contributed by atoms with Crippen molar-refractivity contribution in [3.8, 4) is 0 Å². The molecular formula is C15H17FN2. The summed E-state index contributed by atoms with van der Waals surface area (Å²) >= 11 is 0. The third-order valence-corrected chi connectivity index (χ3v) is 3.03. The van der Waals surface area contributed by atoms with E-state index >= 15 is 0 Å². The van der Waals surface area contributed by atoms with Crippen LogP contribution in [0.25, 0.3) is 0 Å². The maximum Gasteiger partial charge on any atom is 0.148 e. The van der Waals surface area contributed by atoms with Crippen LogP contribution in [-0.4, -0.2) is 0 Å². The van der Waals surface area contributed by atoms with E-state index in [-0.39, 0.29) is 11.5 Å². The van der Waals surface area contributed by atoms with E-state index in [1.165, 1.54) is 22.8 Å². The Morgan fingerprint density at radius 2 is 1.94 bits per heavy atom. The van der Waals surface area contributed by atoms with Crippen LogP contribution in [-0.2, 0) is 6.54 Å². The Labute approximate surface area is 107 Å². The molecule has 0 bridgehead atoms. The van der Waals surface area contributed by atoms with Crippen LogP contribution in [0, 0.1) is 19.7 Å². The van der Waals surface area contributed by atoms with Crippen LogP contribution in [0.4, 0.5) is 15.8 Å². The van der Waals surface area contributed by atoms with Gasteiger partial charge >= 0.3 is 0 Å². The van der Waals surface area contributed by atoms with Crippen LogP contribution < -0.4 is 11.1 Å². The minimum Gasteiger partial charge on any atom is -0.395 e. The first-order valence-corrected chi connectivity index (χ1v) is 5.92. The smallest absolute Gasteiger partial charge is 0.148 e. The minimum atomic E-state index is -0.388. The van der Waals surface area contributed by atoms with Gasteiger partial charge in [-0.05, 0) is 37.1 Å². The van der Waals surface area contributed by atoms with Crippen LogP contribution >= 0.6 is 0 Å². The highest BCUT2D eigenvalue weighted by molar-refractivity contribution is 5.66. The predicted octanol–water partition coefficient (Wildman–Crippen LogP) is 3.64. The van der Waals surface area contributed by atoms with Crippen molar-refractivity contribution in [2.45, 2.75) is 20.4 Å². The lowest BCUT2D eigenvalue weighted by Crippen LogP contribution is -2.05. The van der Waals surface area contributed by atoms with Crippen LogP contribution in [0.5, 0.6) is 0 Å². The van der Waals surface area contributed by atoms with E-state index in [9.17, 15) is 4.39 Å². The zero-order chi connectivity index (χ0) is 13.1. The normalized spacial score (nSPS) is 10.4. The molecule has 0 amide bonds. The highest BCUT2D eigenvalue weighted by Crippen LogP contribution is 2.22. The lowest BCUT2D eigenvalue weighted by atomic mass is 10.1. The average molecular weight is 244 g/mol. The molecule has 2 rings (SSSR count). The van der Waals surface area contributed by atoms with Crippen molar-refractivity contribution >= 4 is 11.4 Å². The number of aryl methyl sites for hydroxylation is 2. The Morgan fingerprint density at radius 3 is 2.72 bits per heavy atom. The van der Waals surface area contributed by atoms with E-state index in [4.69, 9.17) is 5.73 Å². The fourth-order valence-electron chi connectivity index (χ4n) is 1.87. The molecule has 0 saturated carbocycles. The van der Waals surface area contributed by atoms with Crippen molar-refractivity contribution in [3.05, 3.63) is 58.9 Å². The van der Waals surface area contributed by atoms with E-state index in [0.29, 0.717) is 12.2 Å². The molecule has 2 aromatic carbocycles. The second-order valence-electron chi connectivity index (χ2n) is 4.48. The molecule has 0 saturated heterocycles. The first-order valence-electron chi connectivity index (χ1n) is 5.92. The summed E-state index contributed by atoms with van der Waals surface area (Å²) in [5.41, 5.74) is 10.1. The number of halogens is 1. The maximum absolute atomic E-state index is 13.3. The van der Waals surface area contributed by atoms with E-state index < -0.39 is 0 Å². The molecule has 2 nitrogen and oxygen atoms in total. The van der Waals surface area contributed by atoms with Crippen molar-refractivity contribution < 1.29 is 4.39 Å². The minimum absolute atomic E-state index is 0.169. The zero-order valence-electron chi connectivity index (χ0n) is 10.6. The molecule has 94 valence electrons. The summed E-state index contributed by atoms with van der Waals surface area (Å²) in [6.45, 7) is 4.76. The number of hydrogen-bond acceptors (Lipinski definition) is 2. The summed E-state index contributed by atoms with van der Waals surface area (Å²) < 4.78 is 13.3. The fraction of sp³-hybridized carbons (Fsp3) is 0.200. The highest BCUT2D eigenvalue weighted by atomic mass is 19.1. The van der Waals surface area contributed by atoms with Crippen molar-refractivity contribution in [1.29, 1.82) is 0 Å². The van der Waals surface area contributed by atoms with Gasteiger partial charge in [0, 0.05) is 6.54 Å². The Hall–Kier alpha value is -2.03. The number of nitrogens with one attached hydrogen (secondary N) is 1. The number of rotatable bonds is 3. The van der Waals surface area contributed by atoms with E-state index in [0.717, 1.165) is 0 Å². The molecule has 0 aromatic heterocycles. The summed E-state index contributed by atoms with van der Waals surface area (Å²) in [7, 11) is 0. The van der Waals surface area contributed by atoms with E-state index in [1.54, 1.807) is 12.1 Å². The predicted molar refractivity (Wildman–Crippen MR) is 74.1 cm³/mol. The summed E-state index contributed by atoms with van der Waals surface area (Å²) in [4.78, 5) is 0. The molecule has 0 radical (unpaired) electrons. The second-order valence-corrected chi connectivity index (χ2v) is 4.48. The molecule has 0 atom stereocenters. The lowest BCUT2D eigenvalue weighted by Gasteiger charge is -2.12. The number of para-hydroxylation sites is 1. The van der Waals surface area contributed by atoms with Crippen LogP contribution in [0.15, 0.2) is 36.4 Å². The average Bonchev–Trinajstić information content (AvgIpc) is 2.35. The van der Waals surface area contributed by atoms with Gasteiger partial charge in [0.1, 0.15) is 5.82 Å². The lowest BCUT2D eigenvalue weighted by molar-refractivity contribution is 0.633. The van der Waals surface area contributed by atoms with Crippen molar-refractivity contribution in [2.75, 3.05) is 11.1 Å². The summed E-state index contributed by atoms with van der Waals surface area (Å²) in [6.07, 6.45) is 0. The molecule has 0 aliphatic heterocycles. The standard InChI is InChI=1S/C15H17FN2/c1-10-6-7-11(2)12(8-10)9-18-14-5-3-4-13(16)15(14)17/h3-8,18H,9,17H2,1-2H3. The molecule has 0 aliphatic carbocycles. The number of benzene rings is 2. The SMILES string of the molecule is Cc1ccc(C)c(CNc2cccc(F)c2N)c1. The quantitative estimate of drug-likeness (QED) is 0.809. The van der Waals surface area contributed by atoms with Gasteiger partial charge in [0.05, 0.1) is 11.4 Å². The molecular weight excluding hydrogens is 227 g/mol. The molecule has 18 heavy (non-hydrogen) atoms. The number of nitrogens with two attached hydrogens (primary N) is 1. The molecule has 3 heteroatoms. The van der Waals surface area contributed by atoms with Gasteiger partial charge in [-0.25, -0.2) is 4.39 Å². The third-order valence-electron chi connectivity index (χ3n) is 3.03. The number of nitrogen functional groups attached to an aromatic ring is 1. The van der Waals surface area contributed by atoms with Crippen LogP contribution in [0.2, 0.25) is 0 Å². The Bertz CT molecular complexity index is 562.